The lowest BCUT2D eigenvalue weighted by atomic mass is 9.86. The summed E-state index contributed by atoms with van der Waals surface area (Å²) < 4.78 is 5.58. The zero-order valence-corrected chi connectivity index (χ0v) is 14.2. The summed E-state index contributed by atoms with van der Waals surface area (Å²) in [7, 11) is 1.74. The van der Waals surface area contributed by atoms with Crippen LogP contribution in [0.15, 0.2) is 48.5 Å². The van der Waals surface area contributed by atoms with Gasteiger partial charge in [-0.25, -0.2) is 0 Å². The van der Waals surface area contributed by atoms with Gasteiger partial charge in [0, 0.05) is 24.3 Å². The Labute approximate surface area is 137 Å². The van der Waals surface area contributed by atoms with Gasteiger partial charge in [0.1, 0.15) is 0 Å². The van der Waals surface area contributed by atoms with E-state index in [2.05, 4.69) is 32.9 Å². The highest BCUT2D eigenvalue weighted by Gasteiger charge is 2.29. The molecule has 1 unspecified atom stereocenters. The van der Waals surface area contributed by atoms with Crippen LogP contribution in [0.25, 0.3) is 0 Å². The third-order valence-corrected chi connectivity index (χ3v) is 5.10. The molecule has 1 amide bonds. The number of rotatable bonds is 4. The number of hydrogen-bond donors (Lipinski definition) is 0. The Kier molecular flexibility index (Phi) is 3.99. The lowest BCUT2D eigenvalue weighted by molar-refractivity contribution is 0.00323. The summed E-state index contributed by atoms with van der Waals surface area (Å²) in [5.74, 6) is 0.353. The van der Waals surface area contributed by atoms with Crippen molar-refractivity contribution in [3.8, 4) is 0 Å². The number of benzene rings is 2. The monoisotopic (exact) mass is 309 g/mol. The molecular weight excluding hydrogens is 286 g/mol. The van der Waals surface area contributed by atoms with Gasteiger partial charge in [-0.15, -0.1) is 0 Å². The van der Waals surface area contributed by atoms with Crippen LogP contribution in [0.5, 0.6) is 0 Å². The molecule has 0 spiro atoms. The van der Waals surface area contributed by atoms with E-state index in [9.17, 15) is 4.79 Å². The number of carbonyl (C=O) groups is 1. The quantitative estimate of drug-likeness (QED) is 0.839. The fourth-order valence-electron chi connectivity index (χ4n) is 2.98. The topological polar surface area (TPSA) is 29.5 Å². The van der Waals surface area contributed by atoms with E-state index in [1.54, 1.807) is 7.11 Å². The Morgan fingerprint density at radius 2 is 1.74 bits per heavy atom. The third-order valence-electron chi connectivity index (χ3n) is 5.10. The van der Waals surface area contributed by atoms with Crippen LogP contribution < -0.4 is 4.90 Å². The van der Waals surface area contributed by atoms with E-state index in [0.29, 0.717) is 6.54 Å². The Morgan fingerprint density at radius 3 is 2.35 bits per heavy atom. The van der Waals surface area contributed by atoms with E-state index >= 15 is 0 Å². The smallest absolute Gasteiger partial charge is 0.258 e. The highest BCUT2D eigenvalue weighted by molar-refractivity contribution is 6.09. The largest absolute Gasteiger partial charge is 0.378 e. The van der Waals surface area contributed by atoms with Crippen LogP contribution in [0, 0.1) is 0 Å². The predicted molar refractivity (Wildman–Crippen MR) is 92.9 cm³/mol. The van der Waals surface area contributed by atoms with Gasteiger partial charge in [-0.2, -0.15) is 0 Å². The molecule has 0 radical (unpaired) electrons. The van der Waals surface area contributed by atoms with Gasteiger partial charge < -0.3 is 9.64 Å². The summed E-state index contributed by atoms with van der Waals surface area (Å²) in [6, 6.07) is 16.1. The van der Waals surface area contributed by atoms with Crippen molar-refractivity contribution in [2.75, 3.05) is 12.0 Å². The number of amides is 1. The molecule has 23 heavy (non-hydrogen) atoms. The first kappa shape index (κ1) is 15.8. The number of nitrogens with zero attached hydrogens (tertiary/aromatic N) is 1. The highest BCUT2D eigenvalue weighted by Crippen LogP contribution is 2.33. The Bertz CT molecular complexity index is 719. The molecule has 3 rings (SSSR count). The molecule has 0 saturated heterocycles. The number of methoxy groups -OCH3 is 1. The summed E-state index contributed by atoms with van der Waals surface area (Å²) in [4.78, 5) is 14.4. The normalized spacial score (nSPS) is 15.7. The van der Waals surface area contributed by atoms with Gasteiger partial charge in [-0.1, -0.05) is 37.3 Å². The van der Waals surface area contributed by atoms with Gasteiger partial charge in [0.15, 0.2) is 0 Å². The number of hydrogen-bond acceptors (Lipinski definition) is 2. The second-order valence-electron chi connectivity index (χ2n) is 6.67. The van der Waals surface area contributed by atoms with Crippen molar-refractivity contribution in [3.63, 3.8) is 0 Å². The minimum atomic E-state index is -0.221. The zero-order valence-electron chi connectivity index (χ0n) is 14.2. The van der Waals surface area contributed by atoms with E-state index < -0.39 is 0 Å². The molecular formula is C20H23NO2. The first-order valence-corrected chi connectivity index (χ1v) is 7.99. The van der Waals surface area contributed by atoms with Crippen LogP contribution in [0.2, 0.25) is 0 Å². The van der Waals surface area contributed by atoms with Crippen LogP contribution in [0.1, 0.15) is 48.2 Å². The maximum atomic E-state index is 12.5. The standard InChI is InChI=1S/C20H23NO2/c1-14(20(2,3)23-4)15-9-11-17(12-10-15)21-13-16-7-5-6-8-18(16)19(21)22/h5-12,14H,13H2,1-4H3. The van der Waals surface area contributed by atoms with Crippen molar-refractivity contribution >= 4 is 11.6 Å². The maximum absolute atomic E-state index is 12.5. The molecule has 2 aromatic carbocycles. The molecule has 0 saturated carbocycles. The van der Waals surface area contributed by atoms with E-state index in [0.717, 1.165) is 16.8 Å². The van der Waals surface area contributed by atoms with E-state index in [4.69, 9.17) is 4.74 Å². The SMILES string of the molecule is COC(C)(C)C(C)c1ccc(N2Cc3ccccc3C2=O)cc1. The van der Waals surface area contributed by atoms with E-state index in [1.807, 2.05) is 41.3 Å². The van der Waals surface area contributed by atoms with Gasteiger partial charge in [0.25, 0.3) is 5.91 Å². The molecule has 3 nitrogen and oxygen atoms in total. The fourth-order valence-corrected chi connectivity index (χ4v) is 2.98. The summed E-state index contributed by atoms with van der Waals surface area (Å²) in [6.45, 7) is 6.99. The first-order valence-electron chi connectivity index (χ1n) is 7.99. The molecule has 0 fully saturated rings. The van der Waals surface area contributed by atoms with E-state index in [-0.39, 0.29) is 17.4 Å². The minimum Gasteiger partial charge on any atom is -0.378 e. The van der Waals surface area contributed by atoms with Crippen molar-refractivity contribution in [1.82, 2.24) is 0 Å². The summed E-state index contributed by atoms with van der Waals surface area (Å²) in [5.41, 5.74) is 3.84. The number of carbonyl (C=O) groups excluding carboxylic acids is 1. The number of fused-ring (bicyclic) bond motifs is 1. The van der Waals surface area contributed by atoms with Crippen LogP contribution in [0.3, 0.4) is 0 Å². The maximum Gasteiger partial charge on any atom is 0.258 e. The summed E-state index contributed by atoms with van der Waals surface area (Å²) in [6.07, 6.45) is 0. The minimum absolute atomic E-state index is 0.0821. The van der Waals surface area contributed by atoms with Crippen molar-refractivity contribution in [2.45, 2.75) is 38.8 Å². The predicted octanol–water partition coefficient (Wildman–Crippen LogP) is 4.38. The van der Waals surface area contributed by atoms with Gasteiger partial charge >= 0.3 is 0 Å². The highest BCUT2D eigenvalue weighted by atomic mass is 16.5. The molecule has 0 bridgehead atoms. The second kappa shape index (κ2) is 5.82. The molecule has 1 heterocycles. The van der Waals surface area contributed by atoms with Gasteiger partial charge in [-0.05, 0) is 43.2 Å². The van der Waals surface area contributed by atoms with E-state index in [1.165, 1.54) is 5.56 Å². The molecule has 0 aromatic heterocycles. The van der Waals surface area contributed by atoms with Crippen molar-refractivity contribution in [1.29, 1.82) is 0 Å². The number of anilines is 1. The molecule has 1 aliphatic rings. The Hall–Kier alpha value is -2.13. The third kappa shape index (κ3) is 2.77. The van der Waals surface area contributed by atoms with Gasteiger partial charge in [0.05, 0.1) is 12.1 Å². The van der Waals surface area contributed by atoms with Crippen LogP contribution >= 0.6 is 0 Å². The van der Waals surface area contributed by atoms with Crippen molar-refractivity contribution < 1.29 is 9.53 Å². The molecule has 120 valence electrons. The zero-order chi connectivity index (χ0) is 16.6. The average Bonchev–Trinajstić information content (AvgIpc) is 2.91. The summed E-state index contributed by atoms with van der Waals surface area (Å²) in [5, 5.41) is 0. The van der Waals surface area contributed by atoms with Gasteiger partial charge in [0.2, 0.25) is 0 Å². The van der Waals surface area contributed by atoms with Crippen molar-refractivity contribution in [3.05, 3.63) is 65.2 Å². The second-order valence-corrected chi connectivity index (χ2v) is 6.67. The Balaban J connectivity index is 1.83. The lowest BCUT2D eigenvalue weighted by Crippen LogP contribution is -2.29. The molecule has 0 N–H and O–H groups in total. The fraction of sp³-hybridized carbons (Fsp3) is 0.350. The molecule has 3 heteroatoms. The summed E-state index contributed by atoms with van der Waals surface area (Å²) >= 11 is 0. The van der Waals surface area contributed by atoms with Crippen LogP contribution in [-0.2, 0) is 11.3 Å². The van der Waals surface area contributed by atoms with Crippen LogP contribution in [-0.4, -0.2) is 18.6 Å². The molecule has 2 aromatic rings. The number of ether oxygens (including phenoxy) is 1. The average molecular weight is 309 g/mol. The first-order chi connectivity index (χ1) is 10.9. The molecule has 1 aliphatic heterocycles. The van der Waals surface area contributed by atoms with Gasteiger partial charge in [-0.3, -0.25) is 4.79 Å². The van der Waals surface area contributed by atoms with Crippen molar-refractivity contribution in [2.24, 2.45) is 0 Å². The molecule has 1 atom stereocenters. The lowest BCUT2D eigenvalue weighted by Gasteiger charge is -2.31. The van der Waals surface area contributed by atoms with Crippen LogP contribution in [0.4, 0.5) is 5.69 Å². The Morgan fingerprint density at radius 1 is 1.09 bits per heavy atom. The molecule has 0 aliphatic carbocycles.